The molecular formula is C22H20ClF3N2. The fraction of sp³-hybridized carbons (Fsp3) is 0.273. The summed E-state index contributed by atoms with van der Waals surface area (Å²) in [5.41, 5.74) is 2.09. The highest BCUT2D eigenvalue weighted by molar-refractivity contribution is 6.30. The van der Waals surface area contributed by atoms with Gasteiger partial charge in [0.05, 0.1) is 11.6 Å². The summed E-state index contributed by atoms with van der Waals surface area (Å²) in [6.45, 7) is 2.26. The van der Waals surface area contributed by atoms with Gasteiger partial charge < -0.3 is 4.57 Å². The molecule has 0 radical (unpaired) electrons. The summed E-state index contributed by atoms with van der Waals surface area (Å²) in [7, 11) is 0. The van der Waals surface area contributed by atoms with E-state index in [1.807, 2.05) is 42.6 Å². The molecule has 0 saturated carbocycles. The minimum absolute atomic E-state index is 0.251. The predicted octanol–water partition coefficient (Wildman–Crippen LogP) is 6.16. The van der Waals surface area contributed by atoms with Crippen molar-refractivity contribution in [3.8, 4) is 0 Å². The second-order valence-corrected chi connectivity index (χ2v) is 7.54. The Morgan fingerprint density at radius 1 is 0.964 bits per heavy atom. The SMILES string of the molecule is FC(F)(F)c1cccc(C2c3cccn3CCCN2Cc2cccc(Cl)c2)c1. The number of rotatable bonds is 3. The average Bonchev–Trinajstić information content (AvgIpc) is 3.03. The Morgan fingerprint density at radius 3 is 2.57 bits per heavy atom. The van der Waals surface area contributed by atoms with Crippen molar-refractivity contribution in [3.05, 3.63) is 94.3 Å². The third kappa shape index (κ3) is 3.96. The number of hydrogen-bond donors (Lipinski definition) is 0. The highest BCUT2D eigenvalue weighted by Gasteiger charge is 2.33. The van der Waals surface area contributed by atoms with E-state index < -0.39 is 11.7 Å². The molecule has 0 saturated heterocycles. The summed E-state index contributed by atoms with van der Waals surface area (Å²) in [5.74, 6) is 0. The van der Waals surface area contributed by atoms with Gasteiger partial charge in [-0.1, -0.05) is 35.9 Å². The van der Waals surface area contributed by atoms with Crippen LogP contribution in [0.3, 0.4) is 0 Å². The van der Waals surface area contributed by atoms with Gasteiger partial charge in [0.25, 0.3) is 0 Å². The third-order valence-electron chi connectivity index (χ3n) is 5.16. The Balaban J connectivity index is 1.77. The maximum Gasteiger partial charge on any atom is 0.416 e. The lowest BCUT2D eigenvalue weighted by Crippen LogP contribution is -2.29. The summed E-state index contributed by atoms with van der Waals surface area (Å²) in [4.78, 5) is 2.24. The summed E-state index contributed by atoms with van der Waals surface area (Å²) >= 11 is 6.14. The monoisotopic (exact) mass is 404 g/mol. The molecule has 6 heteroatoms. The van der Waals surface area contributed by atoms with Gasteiger partial charge in [0, 0.05) is 36.5 Å². The smallest absolute Gasteiger partial charge is 0.350 e. The molecule has 0 spiro atoms. The zero-order valence-electron chi connectivity index (χ0n) is 15.2. The van der Waals surface area contributed by atoms with E-state index in [2.05, 4.69) is 9.47 Å². The van der Waals surface area contributed by atoms with E-state index in [1.165, 1.54) is 12.1 Å². The molecule has 1 unspecified atom stereocenters. The van der Waals surface area contributed by atoms with Gasteiger partial charge in [-0.2, -0.15) is 13.2 Å². The summed E-state index contributed by atoms with van der Waals surface area (Å²) in [6.07, 6.45) is -1.43. The zero-order chi connectivity index (χ0) is 19.7. The molecule has 0 aliphatic carbocycles. The molecule has 0 N–H and O–H groups in total. The summed E-state index contributed by atoms with van der Waals surface area (Å²) < 4.78 is 42.1. The van der Waals surface area contributed by atoms with Gasteiger partial charge in [-0.25, -0.2) is 0 Å². The first-order valence-corrected chi connectivity index (χ1v) is 9.60. The fourth-order valence-corrected chi connectivity index (χ4v) is 4.16. The van der Waals surface area contributed by atoms with Crippen molar-refractivity contribution in [1.82, 2.24) is 9.47 Å². The van der Waals surface area contributed by atoms with Gasteiger partial charge >= 0.3 is 6.18 Å². The van der Waals surface area contributed by atoms with E-state index in [0.29, 0.717) is 17.1 Å². The van der Waals surface area contributed by atoms with Gasteiger partial charge in [-0.05, 0) is 53.9 Å². The van der Waals surface area contributed by atoms with Gasteiger partial charge in [-0.3, -0.25) is 4.90 Å². The van der Waals surface area contributed by atoms with Gasteiger partial charge in [0.15, 0.2) is 0 Å². The van der Waals surface area contributed by atoms with Gasteiger partial charge in [0.1, 0.15) is 0 Å². The highest BCUT2D eigenvalue weighted by Crippen LogP contribution is 2.36. The van der Waals surface area contributed by atoms with Crippen molar-refractivity contribution >= 4 is 11.6 Å². The minimum atomic E-state index is -4.36. The molecule has 1 aromatic heterocycles. The molecule has 28 heavy (non-hydrogen) atoms. The highest BCUT2D eigenvalue weighted by atomic mass is 35.5. The molecular weight excluding hydrogens is 385 g/mol. The summed E-state index contributed by atoms with van der Waals surface area (Å²) in [5, 5.41) is 0.659. The second kappa shape index (κ2) is 7.64. The molecule has 3 aromatic rings. The first-order chi connectivity index (χ1) is 13.4. The van der Waals surface area contributed by atoms with Crippen molar-refractivity contribution in [2.45, 2.75) is 31.7 Å². The Hall–Kier alpha value is -2.24. The molecule has 0 fully saturated rings. The van der Waals surface area contributed by atoms with Gasteiger partial charge in [-0.15, -0.1) is 0 Å². The van der Waals surface area contributed by atoms with Crippen molar-refractivity contribution in [2.24, 2.45) is 0 Å². The van der Waals surface area contributed by atoms with Crippen LogP contribution in [0.1, 0.15) is 34.8 Å². The minimum Gasteiger partial charge on any atom is -0.350 e. The molecule has 1 aliphatic heterocycles. The Kier molecular flexibility index (Phi) is 5.21. The number of hydrogen-bond acceptors (Lipinski definition) is 1. The maximum absolute atomic E-state index is 13.3. The predicted molar refractivity (Wildman–Crippen MR) is 104 cm³/mol. The van der Waals surface area contributed by atoms with Crippen LogP contribution in [0, 0.1) is 0 Å². The van der Waals surface area contributed by atoms with E-state index in [9.17, 15) is 13.2 Å². The van der Waals surface area contributed by atoms with Crippen molar-refractivity contribution < 1.29 is 13.2 Å². The van der Waals surface area contributed by atoms with Crippen LogP contribution in [0.25, 0.3) is 0 Å². The lowest BCUT2D eigenvalue weighted by Gasteiger charge is -2.31. The Labute approximate surface area is 167 Å². The quantitative estimate of drug-likeness (QED) is 0.508. The third-order valence-corrected chi connectivity index (χ3v) is 5.39. The standard InChI is InChI=1S/C22H20ClF3N2/c23-19-8-1-5-16(13-19)15-28-12-4-11-27-10-3-9-20(27)21(28)17-6-2-7-18(14-17)22(24,25)26/h1-3,5-10,13-14,21H,4,11-12,15H2. The largest absolute Gasteiger partial charge is 0.416 e. The van der Waals surface area contributed by atoms with Crippen LogP contribution in [0.5, 0.6) is 0 Å². The van der Waals surface area contributed by atoms with Crippen LogP contribution in [0.2, 0.25) is 5.02 Å². The molecule has 0 amide bonds. The van der Waals surface area contributed by atoms with Crippen LogP contribution in [0.4, 0.5) is 13.2 Å². The van der Waals surface area contributed by atoms with E-state index in [-0.39, 0.29) is 6.04 Å². The topological polar surface area (TPSA) is 8.17 Å². The van der Waals surface area contributed by atoms with E-state index in [1.54, 1.807) is 6.07 Å². The molecule has 0 bridgehead atoms. The first-order valence-electron chi connectivity index (χ1n) is 9.22. The van der Waals surface area contributed by atoms with E-state index >= 15 is 0 Å². The molecule has 2 nitrogen and oxygen atoms in total. The summed E-state index contributed by atoms with van der Waals surface area (Å²) in [6, 6.07) is 17.0. The fourth-order valence-electron chi connectivity index (χ4n) is 3.95. The molecule has 2 aromatic carbocycles. The van der Waals surface area contributed by atoms with Crippen LogP contribution >= 0.6 is 11.6 Å². The maximum atomic E-state index is 13.3. The van der Waals surface area contributed by atoms with Crippen molar-refractivity contribution in [2.75, 3.05) is 6.54 Å². The van der Waals surface area contributed by atoms with E-state index in [0.717, 1.165) is 36.8 Å². The van der Waals surface area contributed by atoms with Crippen LogP contribution in [-0.4, -0.2) is 16.0 Å². The number of aromatic nitrogens is 1. The molecule has 146 valence electrons. The Bertz CT molecular complexity index is 964. The first kappa shape index (κ1) is 19.1. The molecule has 2 heterocycles. The molecule has 4 rings (SSSR count). The Morgan fingerprint density at radius 2 is 1.79 bits per heavy atom. The average molecular weight is 405 g/mol. The van der Waals surface area contributed by atoms with Crippen LogP contribution in [0.15, 0.2) is 66.9 Å². The number of benzene rings is 2. The number of alkyl halides is 3. The van der Waals surface area contributed by atoms with Crippen LogP contribution in [-0.2, 0) is 19.3 Å². The number of nitrogens with zero attached hydrogens (tertiary/aromatic N) is 2. The van der Waals surface area contributed by atoms with Crippen molar-refractivity contribution in [1.29, 1.82) is 0 Å². The molecule has 1 aliphatic rings. The zero-order valence-corrected chi connectivity index (χ0v) is 15.9. The van der Waals surface area contributed by atoms with Crippen molar-refractivity contribution in [3.63, 3.8) is 0 Å². The van der Waals surface area contributed by atoms with Gasteiger partial charge in [0.2, 0.25) is 0 Å². The van der Waals surface area contributed by atoms with E-state index in [4.69, 9.17) is 11.6 Å². The second-order valence-electron chi connectivity index (χ2n) is 7.11. The number of aryl methyl sites for hydroxylation is 1. The lowest BCUT2D eigenvalue weighted by molar-refractivity contribution is -0.137. The molecule has 1 atom stereocenters. The lowest BCUT2D eigenvalue weighted by atomic mass is 9.98. The normalized spacial score (nSPS) is 17.9. The van der Waals surface area contributed by atoms with Crippen LogP contribution < -0.4 is 0 Å². The number of fused-ring (bicyclic) bond motifs is 1. The number of halogens is 4.